The summed E-state index contributed by atoms with van der Waals surface area (Å²) >= 11 is 1.49. The van der Waals surface area contributed by atoms with Crippen LogP contribution in [0.5, 0.6) is 0 Å². The van der Waals surface area contributed by atoms with Gasteiger partial charge in [-0.05, 0) is 29.5 Å². The molecule has 0 saturated carbocycles. The maximum Gasteiger partial charge on any atom is 0.263 e. The maximum absolute atomic E-state index is 12.1. The first kappa shape index (κ1) is 19.9. The van der Waals surface area contributed by atoms with Gasteiger partial charge in [0.15, 0.2) is 0 Å². The Morgan fingerprint density at radius 2 is 2.09 bits per heavy atom. The molecule has 1 aliphatic rings. The Labute approximate surface area is 152 Å². The summed E-state index contributed by atoms with van der Waals surface area (Å²) in [5.41, 5.74) is 3.84. The molecule has 0 aliphatic carbocycles. The molecular weight excluding hydrogens is 353 g/mol. The third-order valence-electron chi connectivity index (χ3n) is 3.60. The van der Waals surface area contributed by atoms with Crippen LogP contribution in [0.1, 0.15) is 44.7 Å². The number of hydrogen-bond donors (Lipinski definition) is 2. The molecule has 2 heterocycles. The number of carbonyl (C=O) groups is 1. The predicted octanol–water partition coefficient (Wildman–Crippen LogP) is 3.47. The van der Waals surface area contributed by atoms with Crippen molar-refractivity contribution < 1.29 is 4.79 Å². The van der Waals surface area contributed by atoms with E-state index in [1.165, 1.54) is 22.5 Å². The molecule has 0 spiro atoms. The van der Waals surface area contributed by atoms with Crippen molar-refractivity contribution in [2.24, 2.45) is 0 Å². The molecule has 7 heteroatoms. The van der Waals surface area contributed by atoms with Crippen LogP contribution in [0.4, 0.5) is 0 Å². The van der Waals surface area contributed by atoms with Gasteiger partial charge in [-0.2, -0.15) is 0 Å². The fourth-order valence-electron chi connectivity index (χ4n) is 2.47. The van der Waals surface area contributed by atoms with Gasteiger partial charge >= 0.3 is 0 Å². The SMILES string of the molecule is CCCc1ncc(C(=O)NCc2ccc3c(c2)CNC3)s1.Cl.Cl. The van der Waals surface area contributed by atoms with E-state index in [1.807, 2.05) is 0 Å². The molecule has 23 heavy (non-hydrogen) atoms. The third kappa shape index (κ3) is 4.91. The number of nitrogens with one attached hydrogen (secondary N) is 2. The minimum absolute atomic E-state index is 0. The largest absolute Gasteiger partial charge is 0.347 e. The minimum atomic E-state index is -0.0338. The van der Waals surface area contributed by atoms with Crippen molar-refractivity contribution in [2.75, 3.05) is 0 Å². The average Bonchev–Trinajstić information content (AvgIpc) is 3.13. The molecule has 1 aromatic heterocycles. The highest BCUT2D eigenvalue weighted by Gasteiger charge is 2.12. The van der Waals surface area contributed by atoms with Crippen LogP contribution in [-0.2, 0) is 26.1 Å². The first-order valence-electron chi connectivity index (χ1n) is 7.30. The number of aromatic nitrogens is 1. The van der Waals surface area contributed by atoms with E-state index in [0.29, 0.717) is 11.4 Å². The molecule has 1 aromatic carbocycles. The molecule has 0 bridgehead atoms. The molecule has 126 valence electrons. The normalized spacial score (nSPS) is 12.0. The van der Waals surface area contributed by atoms with Crippen molar-refractivity contribution in [3.05, 3.63) is 51.0 Å². The van der Waals surface area contributed by atoms with E-state index in [1.54, 1.807) is 6.20 Å². The molecule has 0 saturated heterocycles. The second kappa shape index (κ2) is 9.23. The monoisotopic (exact) mass is 373 g/mol. The van der Waals surface area contributed by atoms with E-state index in [4.69, 9.17) is 0 Å². The minimum Gasteiger partial charge on any atom is -0.347 e. The molecule has 0 radical (unpaired) electrons. The Kier molecular flexibility index (Phi) is 7.99. The van der Waals surface area contributed by atoms with Crippen molar-refractivity contribution in [3.8, 4) is 0 Å². The Hall–Kier alpha value is -1.14. The molecule has 4 nitrogen and oxygen atoms in total. The zero-order valence-corrected chi connectivity index (χ0v) is 15.4. The second-order valence-corrected chi connectivity index (χ2v) is 6.37. The Morgan fingerprint density at radius 3 is 2.87 bits per heavy atom. The van der Waals surface area contributed by atoms with Crippen molar-refractivity contribution in [2.45, 2.75) is 39.4 Å². The number of amides is 1. The van der Waals surface area contributed by atoms with E-state index in [-0.39, 0.29) is 30.7 Å². The van der Waals surface area contributed by atoms with E-state index < -0.39 is 0 Å². The maximum atomic E-state index is 12.1. The van der Waals surface area contributed by atoms with Gasteiger partial charge in [-0.1, -0.05) is 25.1 Å². The van der Waals surface area contributed by atoms with E-state index in [0.717, 1.165) is 36.5 Å². The van der Waals surface area contributed by atoms with Gasteiger partial charge in [0.05, 0.1) is 11.2 Å². The Bertz CT molecular complexity index is 661. The van der Waals surface area contributed by atoms with Gasteiger partial charge in [0.25, 0.3) is 5.91 Å². The number of fused-ring (bicyclic) bond motifs is 1. The van der Waals surface area contributed by atoms with Gasteiger partial charge in [-0.25, -0.2) is 4.98 Å². The van der Waals surface area contributed by atoms with Crippen LogP contribution >= 0.6 is 36.2 Å². The zero-order chi connectivity index (χ0) is 14.7. The van der Waals surface area contributed by atoms with E-state index in [2.05, 4.69) is 40.7 Å². The van der Waals surface area contributed by atoms with Gasteiger partial charge in [-0.15, -0.1) is 36.2 Å². The molecule has 1 amide bonds. The van der Waals surface area contributed by atoms with Gasteiger partial charge in [-0.3, -0.25) is 4.79 Å². The summed E-state index contributed by atoms with van der Waals surface area (Å²) in [6, 6.07) is 6.40. The van der Waals surface area contributed by atoms with Crippen LogP contribution in [-0.4, -0.2) is 10.9 Å². The lowest BCUT2D eigenvalue weighted by Crippen LogP contribution is -2.21. The third-order valence-corrected chi connectivity index (χ3v) is 4.65. The summed E-state index contributed by atoms with van der Waals surface area (Å²) in [5.74, 6) is -0.0338. The molecule has 0 atom stereocenters. The first-order valence-corrected chi connectivity index (χ1v) is 8.12. The lowest BCUT2D eigenvalue weighted by molar-refractivity contribution is 0.0954. The Balaban J connectivity index is 0.00000132. The fraction of sp³-hybridized carbons (Fsp3) is 0.375. The summed E-state index contributed by atoms with van der Waals surface area (Å²) in [6.45, 7) is 4.55. The van der Waals surface area contributed by atoms with Crippen molar-refractivity contribution in [1.82, 2.24) is 15.6 Å². The average molecular weight is 374 g/mol. The molecule has 1 aliphatic heterocycles. The molecule has 2 aromatic rings. The van der Waals surface area contributed by atoms with Crippen molar-refractivity contribution in [1.29, 1.82) is 0 Å². The standard InChI is InChI=1S/C16H19N3OS.2ClH/c1-2-3-15-18-10-14(21-15)16(20)19-7-11-4-5-12-8-17-9-13(12)6-11;;/h4-6,10,17H,2-3,7-9H2,1H3,(H,19,20);2*1H. The van der Waals surface area contributed by atoms with Crippen molar-refractivity contribution >= 4 is 42.1 Å². The summed E-state index contributed by atoms with van der Waals surface area (Å²) < 4.78 is 0. The van der Waals surface area contributed by atoms with Gasteiger partial charge in [0.1, 0.15) is 4.88 Å². The summed E-state index contributed by atoms with van der Waals surface area (Å²) in [5, 5.41) is 7.33. The van der Waals surface area contributed by atoms with Crippen LogP contribution in [0.15, 0.2) is 24.4 Å². The fourth-order valence-corrected chi connectivity index (χ4v) is 3.41. The smallest absolute Gasteiger partial charge is 0.263 e. The summed E-state index contributed by atoms with van der Waals surface area (Å²) in [6.07, 6.45) is 3.67. The highest BCUT2D eigenvalue weighted by atomic mass is 35.5. The number of hydrogen-bond acceptors (Lipinski definition) is 4. The zero-order valence-electron chi connectivity index (χ0n) is 12.9. The molecule has 3 rings (SSSR count). The molecule has 0 fully saturated rings. The number of rotatable bonds is 5. The first-order chi connectivity index (χ1) is 10.3. The lowest BCUT2D eigenvalue weighted by atomic mass is 10.1. The summed E-state index contributed by atoms with van der Waals surface area (Å²) in [4.78, 5) is 17.1. The molecular formula is C16H21Cl2N3OS. The predicted molar refractivity (Wildman–Crippen MR) is 98.8 cm³/mol. The number of benzene rings is 1. The van der Waals surface area contributed by atoms with Crippen LogP contribution in [0.25, 0.3) is 0 Å². The number of aryl methyl sites for hydroxylation is 1. The van der Waals surface area contributed by atoms with Gasteiger partial charge in [0.2, 0.25) is 0 Å². The van der Waals surface area contributed by atoms with Crippen molar-refractivity contribution in [3.63, 3.8) is 0 Å². The Morgan fingerprint density at radius 1 is 1.30 bits per heavy atom. The quantitative estimate of drug-likeness (QED) is 0.843. The second-order valence-electron chi connectivity index (χ2n) is 5.26. The lowest BCUT2D eigenvalue weighted by Gasteiger charge is -2.06. The molecule has 2 N–H and O–H groups in total. The van der Waals surface area contributed by atoms with Gasteiger partial charge in [0, 0.05) is 19.6 Å². The van der Waals surface area contributed by atoms with Crippen LogP contribution in [0.3, 0.4) is 0 Å². The van der Waals surface area contributed by atoms with Crippen LogP contribution < -0.4 is 10.6 Å². The van der Waals surface area contributed by atoms with E-state index >= 15 is 0 Å². The van der Waals surface area contributed by atoms with E-state index in [9.17, 15) is 4.79 Å². The van der Waals surface area contributed by atoms with Crippen LogP contribution in [0, 0.1) is 0 Å². The summed E-state index contributed by atoms with van der Waals surface area (Å²) in [7, 11) is 0. The highest BCUT2D eigenvalue weighted by molar-refractivity contribution is 7.13. The number of halogens is 2. The van der Waals surface area contributed by atoms with Gasteiger partial charge < -0.3 is 10.6 Å². The highest BCUT2D eigenvalue weighted by Crippen LogP contribution is 2.18. The van der Waals surface area contributed by atoms with Crippen LogP contribution in [0.2, 0.25) is 0 Å². The topological polar surface area (TPSA) is 54.0 Å². The number of carbonyl (C=O) groups excluding carboxylic acids is 1. The molecule has 0 unspecified atom stereocenters. The number of thiazole rings is 1. The number of nitrogens with zero attached hydrogens (tertiary/aromatic N) is 1.